The van der Waals surface area contributed by atoms with Crippen molar-refractivity contribution in [1.29, 1.82) is 0 Å². The summed E-state index contributed by atoms with van der Waals surface area (Å²) in [6.45, 7) is 3.28. The summed E-state index contributed by atoms with van der Waals surface area (Å²) in [7, 11) is -3.61. The molecule has 0 unspecified atom stereocenters. The van der Waals surface area contributed by atoms with Crippen molar-refractivity contribution in [2.75, 3.05) is 6.54 Å². The van der Waals surface area contributed by atoms with E-state index in [-0.39, 0.29) is 35.7 Å². The van der Waals surface area contributed by atoms with Crippen LogP contribution in [-0.4, -0.2) is 26.8 Å². The molecule has 0 bridgehead atoms. The monoisotopic (exact) mass is 292 g/mol. The molecular weight excluding hydrogens is 276 g/mol. The van der Waals surface area contributed by atoms with Gasteiger partial charge in [0.2, 0.25) is 10.0 Å². The van der Waals surface area contributed by atoms with Crippen LogP contribution in [0.5, 0.6) is 0 Å². The first-order valence-electron chi connectivity index (χ1n) is 5.20. The Balaban J connectivity index is 0.00000289. The highest BCUT2D eigenvalue weighted by Crippen LogP contribution is 2.12. The molecular formula is C11H17ClN2O3S. The molecule has 3 N–H and O–H groups in total. The van der Waals surface area contributed by atoms with E-state index in [9.17, 15) is 13.2 Å². The van der Waals surface area contributed by atoms with Gasteiger partial charge in [0.05, 0.1) is 4.90 Å². The van der Waals surface area contributed by atoms with E-state index in [0.29, 0.717) is 5.56 Å². The van der Waals surface area contributed by atoms with E-state index in [1.165, 1.54) is 19.1 Å². The normalized spacial score (nSPS) is 12.6. The van der Waals surface area contributed by atoms with E-state index < -0.39 is 10.0 Å². The van der Waals surface area contributed by atoms with Crippen LogP contribution < -0.4 is 10.5 Å². The van der Waals surface area contributed by atoms with Crippen LogP contribution in [0.3, 0.4) is 0 Å². The molecule has 7 heteroatoms. The molecule has 0 heterocycles. The minimum Gasteiger partial charge on any atom is -0.329 e. The predicted molar refractivity (Wildman–Crippen MR) is 72.5 cm³/mol. The Bertz CT molecular complexity index is 517. The van der Waals surface area contributed by atoms with Crippen LogP contribution in [0.4, 0.5) is 0 Å². The van der Waals surface area contributed by atoms with E-state index >= 15 is 0 Å². The van der Waals surface area contributed by atoms with Crippen molar-refractivity contribution in [3.8, 4) is 0 Å². The Morgan fingerprint density at radius 1 is 1.44 bits per heavy atom. The minimum absolute atomic E-state index is 0. The highest BCUT2D eigenvalue weighted by molar-refractivity contribution is 7.89. The van der Waals surface area contributed by atoms with Gasteiger partial charge in [-0.1, -0.05) is 12.1 Å². The van der Waals surface area contributed by atoms with Crippen LogP contribution >= 0.6 is 12.4 Å². The molecule has 0 fully saturated rings. The molecule has 0 radical (unpaired) electrons. The third-order valence-electron chi connectivity index (χ3n) is 2.26. The topological polar surface area (TPSA) is 89.3 Å². The number of rotatable bonds is 5. The van der Waals surface area contributed by atoms with Gasteiger partial charge in [0.25, 0.3) is 0 Å². The van der Waals surface area contributed by atoms with E-state index in [1.54, 1.807) is 19.1 Å². The van der Waals surface area contributed by atoms with Gasteiger partial charge in [0, 0.05) is 18.2 Å². The first kappa shape index (κ1) is 17.1. The number of nitrogens with two attached hydrogens (primary N) is 1. The molecule has 0 aliphatic carbocycles. The minimum atomic E-state index is -3.61. The summed E-state index contributed by atoms with van der Waals surface area (Å²) in [4.78, 5) is 11.2. The lowest BCUT2D eigenvalue weighted by atomic mass is 10.2. The third-order valence-corrected chi connectivity index (χ3v) is 3.85. The van der Waals surface area contributed by atoms with Crippen LogP contribution in [0, 0.1) is 0 Å². The first-order chi connectivity index (χ1) is 7.86. The Labute approximate surface area is 113 Å². The number of Topliss-reactive ketones (excluding diaryl/α,β-unsaturated/α-hetero) is 1. The van der Waals surface area contributed by atoms with Crippen molar-refractivity contribution in [3.63, 3.8) is 0 Å². The van der Waals surface area contributed by atoms with Crippen molar-refractivity contribution < 1.29 is 13.2 Å². The van der Waals surface area contributed by atoms with E-state index in [2.05, 4.69) is 4.72 Å². The number of ketones is 1. The molecule has 5 nitrogen and oxygen atoms in total. The largest absolute Gasteiger partial charge is 0.329 e. The predicted octanol–water partition coefficient (Wildman–Crippen LogP) is 0.936. The molecule has 0 saturated carbocycles. The second kappa shape index (κ2) is 6.84. The SMILES string of the molecule is CC(=O)c1cccc(S(=O)(=O)N[C@H](C)CN)c1.Cl. The van der Waals surface area contributed by atoms with Gasteiger partial charge in [-0.05, 0) is 26.0 Å². The van der Waals surface area contributed by atoms with Crippen molar-refractivity contribution in [2.24, 2.45) is 5.73 Å². The average molecular weight is 293 g/mol. The summed E-state index contributed by atoms with van der Waals surface area (Å²) >= 11 is 0. The lowest BCUT2D eigenvalue weighted by Crippen LogP contribution is -2.37. The molecule has 1 rings (SSSR count). The molecule has 18 heavy (non-hydrogen) atoms. The molecule has 0 amide bonds. The van der Waals surface area contributed by atoms with Crippen LogP contribution in [-0.2, 0) is 10.0 Å². The zero-order valence-electron chi connectivity index (χ0n) is 10.2. The number of halogens is 1. The summed E-state index contributed by atoms with van der Waals surface area (Å²) in [5.74, 6) is -0.172. The van der Waals surface area contributed by atoms with E-state index in [1.807, 2.05) is 0 Å². The fourth-order valence-electron chi connectivity index (χ4n) is 1.26. The van der Waals surface area contributed by atoms with Crippen molar-refractivity contribution in [3.05, 3.63) is 29.8 Å². The smallest absolute Gasteiger partial charge is 0.240 e. The molecule has 0 spiro atoms. The van der Waals surface area contributed by atoms with Crippen LogP contribution in [0.25, 0.3) is 0 Å². The molecule has 102 valence electrons. The molecule has 0 saturated heterocycles. The fraction of sp³-hybridized carbons (Fsp3) is 0.364. The van der Waals surface area contributed by atoms with Crippen molar-refractivity contribution >= 4 is 28.2 Å². The Morgan fingerprint density at radius 2 is 2.06 bits per heavy atom. The summed E-state index contributed by atoms with van der Waals surface area (Å²) in [6, 6.07) is 5.57. The molecule has 0 aliphatic rings. The van der Waals surface area contributed by atoms with Gasteiger partial charge >= 0.3 is 0 Å². The van der Waals surface area contributed by atoms with Gasteiger partial charge in [0.15, 0.2) is 5.78 Å². The zero-order valence-corrected chi connectivity index (χ0v) is 11.8. The van der Waals surface area contributed by atoms with Gasteiger partial charge in [-0.25, -0.2) is 13.1 Å². The summed E-state index contributed by atoms with van der Waals surface area (Å²) in [5, 5.41) is 0. The Kier molecular flexibility index (Phi) is 6.48. The van der Waals surface area contributed by atoms with E-state index in [4.69, 9.17) is 5.73 Å². The molecule has 0 aliphatic heterocycles. The Morgan fingerprint density at radius 3 is 2.56 bits per heavy atom. The number of benzene rings is 1. The number of nitrogens with one attached hydrogen (secondary N) is 1. The lowest BCUT2D eigenvalue weighted by molar-refractivity contribution is 0.101. The summed E-state index contributed by atoms with van der Waals surface area (Å²) < 4.78 is 26.2. The molecule has 1 atom stereocenters. The maximum Gasteiger partial charge on any atom is 0.240 e. The van der Waals surface area contributed by atoms with Crippen LogP contribution in [0.2, 0.25) is 0 Å². The average Bonchev–Trinajstić information content (AvgIpc) is 2.28. The van der Waals surface area contributed by atoms with Crippen LogP contribution in [0.15, 0.2) is 29.2 Å². The third kappa shape index (κ3) is 4.38. The highest BCUT2D eigenvalue weighted by Gasteiger charge is 2.17. The van der Waals surface area contributed by atoms with Gasteiger partial charge in [-0.15, -0.1) is 12.4 Å². The standard InChI is InChI=1S/C11H16N2O3S.ClH/c1-8(7-12)13-17(15,16)11-5-3-4-10(6-11)9(2)14;/h3-6,8,13H,7,12H2,1-2H3;1H/t8-;/m1./s1. The van der Waals surface area contributed by atoms with Crippen molar-refractivity contribution in [1.82, 2.24) is 4.72 Å². The van der Waals surface area contributed by atoms with Crippen molar-refractivity contribution in [2.45, 2.75) is 24.8 Å². The highest BCUT2D eigenvalue weighted by atomic mass is 35.5. The molecule has 1 aromatic carbocycles. The van der Waals surface area contributed by atoms with Gasteiger partial charge in [-0.2, -0.15) is 0 Å². The number of hydrogen-bond donors (Lipinski definition) is 2. The fourth-order valence-corrected chi connectivity index (χ4v) is 2.57. The van der Waals surface area contributed by atoms with Gasteiger partial charge in [0.1, 0.15) is 0 Å². The number of carbonyl (C=O) groups excluding carboxylic acids is 1. The van der Waals surface area contributed by atoms with E-state index in [0.717, 1.165) is 0 Å². The van der Waals surface area contributed by atoms with Gasteiger partial charge < -0.3 is 5.73 Å². The summed E-state index contributed by atoms with van der Waals surface area (Å²) in [6.07, 6.45) is 0. The summed E-state index contributed by atoms with van der Waals surface area (Å²) in [5.41, 5.74) is 5.72. The number of carbonyl (C=O) groups is 1. The first-order valence-corrected chi connectivity index (χ1v) is 6.68. The Hall–Kier alpha value is -0.950. The second-order valence-corrected chi connectivity index (χ2v) is 5.56. The number of sulfonamides is 1. The second-order valence-electron chi connectivity index (χ2n) is 3.84. The maximum absolute atomic E-state index is 11.9. The van der Waals surface area contributed by atoms with Gasteiger partial charge in [-0.3, -0.25) is 4.79 Å². The molecule has 0 aromatic heterocycles. The quantitative estimate of drug-likeness (QED) is 0.790. The molecule has 1 aromatic rings. The lowest BCUT2D eigenvalue weighted by Gasteiger charge is -2.12. The zero-order chi connectivity index (χ0) is 13.1. The number of hydrogen-bond acceptors (Lipinski definition) is 4. The maximum atomic E-state index is 11.9. The van der Waals surface area contributed by atoms with Crippen LogP contribution in [0.1, 0.15) is 24.2 Å².